The van der Waals surface area contributed by atoms with Gasteiger partial charge in [-0.05, 0) is 18.9 Å². The summed E-state index contributed by atoms with van der Waals surface area (Å²) in [7, 11) is 0. The molecule has 0 spiro atoms. The minimum Gasteiger partial charge on any atom is -0.458 e. The van der Waals surface area contributed by atoms with E-state index in [2.05, 4.69) is 18.2 Å². The Balaban J connectivity index is 2.44. The highest BCUT2D eigenvalue weighted by Gasteiger charge is 2.06. The molecule has 12 heavy (non-hydrogen) atoms. The third-order valence-corrected chi connectivity index (χ3v) is 1.70. The van der Waals surface area contributed by atoms with Gasteiger partial charge in [0.15, 0.2) is 0 Å². The first-order valence-electron chi connectivity index (χ1n) is 4.28. The fourth-order valence-electron chi connectivity index (χ4n) is 1.17. The number of esters is 1. The first kappa shape index (κ1) is 9.04. The summed E-state index contributed by atoms with van der Waals surface area (Å²) < 4.78 is 5.05. The molecular weight excluding hydrogens is 152 g/mol. The Morgan fingerprint density at radius 1 is 1.33 bits per heavy atom. The van der Waals surface area contributed by atoms with E-state index < -0.39 is 0 Å². The number of ether oxygens (including phenoxy) is 1. The third-order valence-electron chi connectivity index (χ3n) is 1.70. The Morgan fingerprint density at radius 2 is 2.08 bits per heavy atom. The lowest BCUT2D eigenvalue weighted by Gasteiger charge is -2.11. The van der Waals surface area contributed by atoms with Crippen molar-refractivity contribution in [1.82, 2.24) is 0 Å². The highest BCUT2D eigenvalue weighted by Crippen LogP contribution is 2.08. The average molecular weight is 166 g/mol. The van der Waals surface area contributed by atoms with E-state index in [4.69, 9.17) is 4.74 Å². The van der Waals surface area contributed by atoms with Gasteiger partial charge in [-0.2, -0.15) is 0 Å². The van der Waals surface area contributed by atoms with Crippen LogP contribution in [0.15, 0.2) is 24.3 Å². The van der Waals surface area contributed by atoms with E-state index in [1.54, 1.807) is 0 Å². The topological polar surface area (TPSA) is 26.3 Å². The van der Waals surface area contributed by atoms with Crippen molar-refractivity contribution in [1.29, 1.82) is 0 Å². The Bertz CT molecular complexity index is 204. The van der Waals surface area contributed by atoms with Gasteiger partial charge in [0.25, 0.3) is 0 Å². The fraction of sp³-hybridized carbons (Fsp3) is 0.500. The van der Waals surface area contributed by atoms with Crippen LogP contribution < -0.4 is 0 Å². The van der Waals surface area contributed by atoms with E-state index in [0.717, 1.165) is 19.3 Å². The molecular formula is C10H14O2. The predicted octanol–water partition coefficient (Wildman–Crippen LogP) is 2.21. The number of hydrogen-bond acceptors (Lipinski definition) is 2. The van der Waals surface area contributed by atoms with E-state index in [1.807, 2.05) is 6.08 Å². The number of rotatable bonds is 1. The van der Waals surface area contributed by atoms with Crippen LogP contribution in [0.1, 0.15) is 26.2 Å². The highest BCUT2D eigenvalue weighted by molar-refractivity contribution is 5.66. The van der Waals surface area contributed by atoms with E-state index in [0.29, 0.717) is 0 Å². The molecule has 2 heteroatoms. The van der Waals surface area contributed by atoms with Crippen LogP contribution in [0.2, 0.25) is 0 Å². The first-order chi connectivity index (χ1) is 5.79. The molecule has 0 radical (unpaired) electrons. The third kappa shape index (κ3) is 3.37. The van der Waals surface area contributed by atoms with Crippen molar-refractivity contribution in [3.05, 3.63) is 24.3 Å². The Hall–Kier alpha value is -1.05. The van der Waals surface area contributed by atoms with Crippen LogP contribution in [0.3, 0.4) is 0 Å². The molecule has 0 saturated carbocycles. The molecule has 66 valence electrons. The van der Waals surface area contributed by atoms with Gasteiger partial charge in [-0.15, -0.1) is 0 Å². The second-order valence-electron chi connectivity index (χ2n) is 2.86. The van der Waals surface area contributed by atoms with E-state index >= 15 is 0 Å². The summed E-state index contributed by atoms with van der Waals surface area (Å²) in [6, 6.07) is 0. The molecule has 1 aliphatic rings. The van der Waals surface area contributed by atoms with Gasteiger partial charge in [-0.3, -0.25) is 4.79 Å². The molecule has 0 aromatic carbocycles. The summed E-state index contributed by atoms with van der Waals surface area (Å²) in [5, 5.41) is 0. The van der Waals surface area contributed by atoms with E-state index in [9.17, 15) is 4.79 Å². The monoisotopic (exact) mass is 166 g/mol. The van der Waals surface area contributed by atoms with Crippen LogP contribution in [0.25, 0.3) is 0 Å². The summed E-state index contributed by atoms with van der Waals surface area (Å²) >= 11 is 0. The molecule has 2 nitrogen and oxygen atoms in total. The molecule has 0 amide bonds. The molecule has 1 atom stereocenters. The largest absolute Gasteiger partial charge is 0.458 e. The smallest absolute Gasteiger partial charge is 0.303 e. The quantitative estimate of drug-likeness (QED) is 0.441. The molecule has 1 rings (SSSR count). The maximum Gasteiger partial charge on any atom is 0.303 e. The standard InChI is InChI=1S/C10H14O2/c1-9(11)12-10-7-5-3-2-4-6-8-10/h3,5-6,8,10H,2,4,7H2,1H3/b5-3-,8-6-. The molecule has 0 aromatic rings. The first-order valence-corrected chi connectivity index (χ1v) is 4.28. The van der Waals surface area contributed by atoms with Crippen LogP contribution in [0, 0.1) is 0 Å². The molecule has 0 bridgehead atoms. The zero-order chi connectivity index (χ0) is 8.81. The van der Waals surface area contributed by atoms with Crippen LogP contribution >= 0.6 is 0 Å². The van der Waals surface area contributed by atoms with Gasteiger partial charge in [0.1, 0.15) is 6.10 Å². The van der Waals surface area contributed by atoms with Gasteiger partial charge in [0.05, 0.1) is 0 Å². The lowest BCUT2D eigenvalue weighted by atomic mass is 10.1. The maximum absolute atomic E-state index is 10.6. The lowest BCUT2D eigenvalue weighted by Crippen LogP contribution is -2.12. The minimum atomic E-state index is -0.210. The van der Waals surface area contributed by atoms with Crippen molar-refractivity contribution in [2.45, 2.75) is 32.3 Å². The molecule has 0 fully saturated rings. The summed E-state index contributed by atoms with van der Waals surface area (Å²) in [6.45, 7) is 1.44. The molecule has 0 heterocycles. The van der Waals surface area contributed by atoms with Crippen molar-refractivity contribution in [2.24, 2.45) is 0 Å². The average Bonchev–Trinajstić information content (AvgIpc) is 1.93. The molecule has 0 N–H and O–H groups in total. The number of hydrogen-bond donors (Lipinski definition) is 0. The number of carbonyl (C=O) groups is 1. The Kier molecular flexibility index (Phi) is 3.58. The SMILES string of the molecule is CC(=O)OC1/C=C\CC/C=C\C1. The fourth-order valence-corrected chi connectivity index (χ4v) is 1.17. The summed E-state index contributed by atoms with van der Waals surface area (Å²) in [6.07, 6.45) is 11.1. The van der Waals surface area contributed by atoms with Gasteiger partial charge >= 0.3 is 5.97 Å². The van der Waals surface area contributed by atoms with Crippen molar-refractivity contribution >= 4 is 5.97 Å². The summed E-state index contributed by atoms with van der Waals surface area (Å²) in [5.74, 6) is -0.210. The lowest BCUT2D eigenvalue weighted by molar-refractivity contribution is -0.143. The minimum absolute atomic E-state index is 0.0564. The van der Waals surface area contributed by atoms with Gasteiger partial charge in [0.2, 0.25) is 0 Å². The van der Waals surface area contributed by atoms with Crippen molar-refractivity contribution in [3.8, 4) is 0 Å². The van der Waals surface area contributed by atoms with Crippen molar-refractivity contribution < 1.29 is 9.53 Å². The van der Waals surface area contributed by atoms with Gasteiger partial charge in [-0.25, -0.2) is 0 Å². The van der Waals surface area contributed by atoms with Crippen LogP contribution in [0.4, 0.5) is 0 Å². The molecule has 0 aliphatic heterocycles. The zero-order valence-corrected chi connectivity index (χ0v) is 7.32. The Morgan fingerprint density at radius 3 is 2.83 bits per heavy atom. The van der Waals surface area contributed by atoms with Gasteiger partial charge in [0, 0.05) is 13.3 Å². The van der Waals surface area contributed by atoms with Gasteiger partial charge < -0.3 is 4.74 Å². The van der Waals surface area contributed by atoms with E-state index in [1.165, 1.54) is 6.92 Å². The van der Waals surface area contributed by atoms with Crippen LogP contribution in [-0.2, 0) is 9.53 Å². The molecule has 0 aromatic heterocycles. The maximum atomic E-state index is 10.6. The summed E-state index contributed by atoms with van der Waals surface area (Å²) in [4.78, 5) is 10.6. The number of allylic oxidation sites excluding steroid dienone is 2. The van der Waals surface area contributed by atoms with Crippen LogP contribution in [-0.4, -0.2) is 12.1 Å². The predicted molar refractivity (Wildman–Crippen MR) is 47.7 cm³/mol. The molecule has 0 saturated heterocycles. The normalized spacial score (nSPS) is 28.2. The summed E-state index contributed by atoms with van der Waals surface area (Å²) in [5.41, 5.74) is 0. The van der Waals surface area contributed by atoms with Crippen molar-refractivity contribution in [3.63, 3.8) is 0 Å². The number of carbonyl (C=O) groups excluding carboxylic acids is 1. The van der Waals surface area contributed by atoms with Gasteiger partial charge in [-0.1, -0.05) is 18.2 Å². The molecule has 1 aliphatic carbocycles. The van der Waals surface area contributed by atoms with E-state index in [-0.39, 0.29) is 12.1 Å². The highest BCUT2D eigenvalue weighted by atomic mass is 16.5. The Labute approximate surface area is 72.9 Å². The van der Waals surface area contributed by atoms with Crippen molar-refractivity contribution in [2.75, 3.05) is 0 Å². The second kappa shape index (κ2) is 4.75. The molecule has 1 unspecified atom stereocenters. The second-order valence-corrected chi connectivity index (χ2v) is 2.86. The van der Waals surface area contributed by atoms with Crippen LogP contribution in [0.5, 0.6) is 0 Å². The zero-order valence-electron chi connectivity index (χ0n) is 7.32.